The van der Waals surface area contributed by atoms with Crippen LogP contribution in [0.4, 0.5) is 0 Å². The Labute approximate surface area is 395 Å². The molecule has 0 saturated carbocycles. The highest BCUT2D eigenvalue weighted by molar-refractivity contribution is 5.74. The van der Waals surface area contributed by atoms with Gasteiger partial charge in [0.25, 0.3) is 0 Å². The molecule has 1 aliphatic heterocycles. The number of allylic oxidation sites excluding steroid dienone is 2. The molecule has 0 aromatic carbocycles. The van der Waals surface area contributed by atoms with Crippen molar-refractivity contribution in [1.29, 1.82) is 0 Å². The van der Waals surface area contributed by atoms with Crippen LogP contribution in [0.1, 0.15) is 252 Å². The summed E-state index contributed by atoms with van der Waals surface area (Å²) in [4.78, 5) is 50.7. The summed E-state index contributed by atoms with van der Waals surface area (Å²) >= 11 is 0. The first kappa shape index (κ1) is 60.5. The molecule has 0 spiro atoms. The number of hydrogen-bond acceptors (Lipinski definition) is 11. The van der Waals surface area contributed by atoms with Crippen molar-refractivity contribution < 1.29 is 58.2 Å². The smallest absolute Gasteiger partial charge is 0.335 e. The second kappa shape index (κ2) is 42.8. The van der Waals surface area contributed by atoms with E-state index in [2.05, 4.69) is 32.9 Å². The summed E-state index contributed by atoms with van der Waals surface area (Å²) in [6.45, 7) is 5.92. The fourth-order valence-corrected chi connectivity index (χ4v) is 8.17. The van der Waals surface area contributed by atoms with Gasteiger partial charge in [0.2, 0.25) is 0 Å². The fourth-order valence-electron chi connectivity index (χ4n) is 8.17. The molecule has 0 bridgehead atoms. The van der Waals surface area contributed by atoms with Gasteiger partial charge >= 0.3 is 23.9 Å². The number of esters is 3. The summed E-state index contributed by atoms with van der Waals surface area (Å²) in [5, 5.41) is 31.3. The van der Waals surface area contributed by atoms with Crippen molar-refractivity contribution in [3.63, 3.8) is 0 Å². The molecule has 6 atom stereocenters. The summed E-state index contributed by atoms with van der Waals surface area (Å²) in [7, 11) is 0. The van der Waals surface area contributed by atoms with Gasteiger partial charge in [-0.05, 0) is 38.5 Å². The Balaban J connectivity index is 2.69. The molecule has 1 rings (SSSR count). The zero-order valence-corrected chi connectivity index (χ0v) is 41.5. The lowest BCUT2D eigenvalue weighted by atomic mass is 9.98. The highest BCUT2D eigenvalue weighted by Crippen LogP contribution is 2.26. The highest BCUT2D eigenvalue weighted by Gasteiger charge is 2.50. The summed E-state index contributed by atoms with van der Waals surface area (Å²) in [6.07, 6.45) is 32.1. The summed E-state index contributed by atoms with van der Waals surface area (Å²) < 4.78 is 28.2. The van der Waals surface area contributed by atoms with E-state index in [1.54, 1.807) is 0 Å². The average Bonchev–Trinajstić information content (AvgIpc) is 3.29. The zero-order chi connectivity index (χ0) is 47.6. The number of unbranched alkanes of at least 4 members (excludes halogenated alkanes) is 29. The molecule has 12 heteroatoms. The first-order valence-corrected chi connectivity index (χ1v) is 26.7. The first-order chi connectivity index (χ1) is 31.6. The second-order valence-corrected chi connectivity index (χ2v) is 18.5. The van der Waals surface area contributed by atoms with E-state index in [1.165, 1.54) is 116 Å². The lowest BCUT2D eigenvalue weighted by Crippen LogP contribution is -2.61. The van der Waals surface area contributed by atoms with Gasteiger partial charge in [0.15, 0.2) is 24.6 Å². The number of rotatable bonds is 45. The van der Waals surface area contributed by atoms with Gasteiger partial charge in [0, 0.05) is 19.3 Å². The molecule has 1 heterocycles. The fraction of sp³-hybridized carbons (Fsp3) is 0.887. The van der Waals surface area contributed by atoms with E-state index >= 15 is 0 Å². The highest BCUT2D eigenvalue weighted by atomic mass is 16.7. The molecule has 1 aliphatic rings. The Morgan fingerprint density at radius 2 is 0.892 bits per heavy atom. The lowest BCUT2D eigenvalue weighted by Gasteiger charge is -2.40. The SMILES string of the molecule is CCCC/C=C\CCCCCCCC(=O)OC1C(OCC(COC(=O)CCCCCCCCCCCCCCCCC)OC(=O)CCCCCCCCCCC)OC(C(=O)O)C(O)C1O. The van der Waals surface area contributed by atoms with Crippen LogP contribution in [0.3, 0.4) is 0 Å². The van der Waals surface area contributed by atoms with E-state index in [1.807, 2.05) is 0 Å². The van der Waals surface area contributed by atoms with Crippen LogP contribution in [0.15, 0.2) is 12.2 Å². The average molecular weight is 925 g/mol. The molecule has 380 valence electrons. The zero-order valence-electron chi connectivity index (χ0n) is 41.5. The van der Waals surface area contributed by atoms with E-state index in [0.717, 1.165) is 77.0 Å². The van der Waals surface area contributed by atoms with E-state index in [0.29, 0.717) is 19.3 Å². The maximum atomic E-state index is 13.0. The third-order valence-corrected chi connectivity index (χ3v) is 12.3. The maximum absolute atomic E-state index is 13.0. The Morgan fingerprint density at radius 3 is 1.35 bits per heavy atom. The van der Waals surface area contributed by atoms with Crippen LogP contribution >= 0.6 is 0 Å². The molecule has 1 saturated heterocycles. The topological polar surface area (TPSA) is 175 Å². The Bertz CT molecular complexity index is 1190. The van der Waals surface area contributed by atoms with Crippen LogP contribution in [0, 0.1) is 0 Å². The molecular weight excluding hydrogens is 829 g/mol. The third-order valence-electron chi connectivity index (χ3n) is 12.3. The Morgan fingerprint density at radius 1 is 0.492 bits per heavy atom. The van der Waals surface area contributed by atoms with Crippen molar-refractivity contribution in [2.24, 2.45) is 0 Å². The van der Waals surface area contributed by atoms with Gasteiger partial charge in [0.1, 0.15) is 18.8 Å². The number of carboxylic acid groups (broad SMARTS) is 1. The van der Waals surface area contributed by atoms with Gasteiger partial charge in [-0.1, -0.05) is 206 Å². The van der Waals surface area contributed by atoms with Gasteiger partial charge in [-0.3, -0.25) is 14.4 Å². The van der Waals surface area contributed by atoms with Gasteiger partial charge < -0.3 is 39.0 Å². The number of aliphatic hydroxyl groups is 2. The number of aliphatic carboxylic acids is 1. The molecule has 6 unspecified atom stereocenters. The molecule has 0 aliphatic carbocycles. The van der Waals surface area contributed by atoms with Gasteiger partial charge in [-0.25, -0.2) is 4.79 Å². The van der Waals surface area contributed by atoms with Crippen LogP contribution in [0.5, 0.6) is 0 Å². The standard InChI is InChI=1S/C53H96O12/c1-4-7-10-13-16-19-21-22-23-24-26-28-30-33-36-39-45(54)61-42-44(63-46(55)40-37-34-31-27-18-15-12-9-6-3)43-62-53-51(49(58)48(57)50(65-53)52(59)60)64-47(56)41-38-35-32-29-25-20-17-14-11-8-5-2/h14,17,44,48-51,53,57-58H,4-13,15-16,18-43H2,1-3H3,(H,59,60)/b17-14-. The summed E-state index contributed by atoms with van der Waals surface area (Å²) in [5.41, 5.74) is 0. The number of carbonyl (C=O) groups excluding carboxylic acids is 3. The van der Waals surface area contributed by atoms with E-state index in [9.17, 15) is 34.5 Å². The minimum atomic E-state index is -1.90. The molecule has 0 aromatic heterocycles. The van der Waals surface area contributed by atoms with Gasteiger partial charge in [-0.2, -0.15) is 0 Å². The van der Waals surface area contributed by atoms with Crippen molar-refractivity contribution in [1.82, 2.24) is 0 Å². The summed E-state index contributed by atoms with van der Waals surface area (Å²) in [5.74, 6) is -3.11. The van der Waals surface area contributed by atoms with Crippen molar-refractivity contribution >= 4 is 23.9 Å². The second-order valence-electron chi connectivity index (χ2n) is 18.5. The number of aliphatic hydroxyl groups excluding tert-OH is 2. The molecule has 3 N–H and O–H groups in total. The number of carboxylic acids is 1. The van der Waals surface area contributed by atoms with Crippen LogP contribution in [0.25, 0.3) is 0 Å². The van der Waals surface area contributed by atoms with Crippen molar-refractivity contribution in [3.8, 4) is 0 Å². The van der Waals surface area contributed by atoms with Crippen LogP contribution in [-0.2, 0) is 42.9 Å². The molecule has 65 heavy (non-hydrogen) atoms. The predicted molar refractivity (Wildman–Crippen MR) is 257 cm³/mol. The molecule has 0 radical (unpaired) electrons. The molecular formula is C53H96O12. The lowest BCUT2D eigenvalue weighted by molar-refractivity contribution is -0.301. The number of ether oxygens (including phenoxy) is 5. The molecule has 0 amide bonds. The third kappa shape index (κ3) is 33.6. The number of carbonyl (C=O) groups is 4. The predicted octanol–water partition coefficient (Wildman–Crippen LogP) is 12.6. The van der Waals surface area contributed by atoms with Gasteiger partial charge in [-0.15, -0.1) is 0 Å². The molecule has 0 aromatic rings. The van der Waals surface area contributed by atoms with E-state index < -0.39 is 67.3 Å². The molecule has 12 nitrogen and oxygen atoms in total. The van der Waals surface area contributed by atoms with Crippen LogP contribution < -0.4 is 0 Å². The summed E-state index contributed by atoms with van der Waals surface area (Å²) in [6, 6.07) is 0. The minimum absolute atomic E-state index is 0.0553. The number of hydrogen-bond donors (Lipinski definition) is 3. The van der Waals surface area contributed by atoms with Gasteiger partial charge in [0.05, 0.1) is 6.61 Å². The van der Waals surface area contributed by atoms with Crippen LogP contribution in [0.2, 0.25) is 0 Å². The van der Waals surface area contributed by atoms with E-state index in [-0.39, 0.29) is 25.9 Å². The monoisotopic (exact) mass is 925 g/mol. The van der Waals surface area contributed by atoms with Crippen molar-refractivity contribution in [2.45, 2.75) is 289 Å². The quantitative estimate of drug-likeness (QED) is 0.0228. The first-order valence-electron chi connectivity index (χ1n) is 26.7. The minimum Gasteiger partial charge on any atom is -0.479 e. The molecule has 1 fully saturated rings. The van der Waals surface area contributed by atoms with Crippen molar-refractivity contribution in [2.75, 3.05) is 13.2 Å². The normalized spacial score (nSPS) is 19.1. The van der Waals surface area contributed by atoms with Crippen molar-refractivity contribution in [3.05, 3.63) is 12.2 Å². The maximum Gasteiger partial charge on any atom is 0.335 e. The van der Waals surface area contributed by atoms with E-state index in [4.69, 9.17) is 23.7 Å². The Hall–Kier alpha value is -2.54. The Kier molecular flexibility index (Phi) is 39.8. The van der Waals surface area contributed by atoms with Crippen LogP contribution in [-0.4, -0.2) is 89.2 Å². The largest absolute Gasteiger partial charge is 0.479 e.